The first-order valence-electron chi connectivity index (χ1n) is 9.41. The van der Waals surface area contributed by atoms with E-state index < -0.39 is 6.04 Å². The molecule has 4 rings (SSSR count). The van der Waals surface area contributed by atoms with Crippen molar-refractivity contribution in [3.8, 4) is 11.5 Å². The number of fused-ring (bicyclic) bond motifs is 2. The van der Waals surface area contributed by atoms with E-state index in [1.807, 2.05) is 19.9 Å². The molecule has 1 aliphatic rings. The molecule has 1 aliphatic heterocycles. The summed E-state index contributed by atoms with van der Waals surface area (Å²) in [5, 5.41) is 10.8. The van der Waals surface area contributed by atoms with E-state index in [0.29, 0.717) is 28.9 Å². The van der Waals surface area contributed by atoms with Gasteiger partial charge in [0.05, 0.1) is 23.6 Å². The normalized spacial score (nSPS) is 15.6. The van der Waals surface area contributed by atoms with Crippen molar-refractivity contribution in [2.45, 2.75) is 19.9 Å². The van der Waals surface area contributed by atoms with Gasteiger partial charge in [-0.15, -0.1) is 6.58 Å². The van der Waals surface area contributed by atoms with Crippen molar-refractivity contribution in [1.82, 2.24) is 4.90 Å². The molecule has 0 radical (unpaired) electrons. The highest BCUT2D eigenvalue weighted by molar-refractivity contribution is 5.99. The fourth-order valence-corrected chi connectivity index (χ4v) is 3.79. The molecule has 2 aromatic carbocycles. The van der Waals surface area contributed by atoms with Gasteiger partial charge in [0.15, 0.2) is 16.9 Å². The molecule has 0 spiro atoms. The van der Waals surface area contributed by atoms with Crippen LogP contribution in [0.15, 0.2) is 58.3 Å². The average Bonchev–Trinajstić information content (AvgIpc) is 2.97. The highest BCUT2D eigenvalue weighted by Crippen LogP contribution is 2.40. The Morgan fingerprint density at radius 2 is 2.03 bits per heavy atom. The smallest absolute Gasteiger partial charge is 0.291 e. The molecule has 0 saturated heterocycles. The molecule has 148 valence electrons. The highest BCUT2D eigenvalue weighted by atomic mass is 16.5. The number of aromatic hydroxyl groups is 1. The third kappa shape index (κ3) is 2.97. The quantitative estimate of drug-likeness (QED) is 0.667. The summed E-state index contributed by atoms with van der Waals surface area (Å²) in [5.41, 5.74) is 1.93. The second-order valence-corrected chi connectivity index (χ2v) is 6.98. The van der Waals surface area contributed by atoms with Crippen LogP contribution in [-0.2, 0) is 0 Å². The lowest BCUT2D eigenvalue weighted by atomic mass is 9.97. The van der Waals surface area contributed by atoms with Crippen molar-refractivity contribution >= 4 is 16.9 Å². The van der Waals surface area contributed by atoms with Crippen LogP contribution in [-0.4, -0.2) is 29.1 Å². The second-order valence-electron chi connectivity index (χ2n) is 6.98. The summed E-state index contributed by atoms with van der Waals surface area (Å²) in [6.07, 6.45) is 1.60. The van der Waals surface area contributed by atoms with Gasteiger partial charge in [0.1, 0.15) is 5.58 Å². The molecule has 6 heteroatoms. The van der Waals surface area contributed by atoms with Gasteiger partial charge in [-0.05, 0) is 43.7 Å². The van der Waals surface area contributed by atoms with Gasteiger partial charge >= 0.3 is 0 Å². The van der Waals surface area contributed by atoms with Crippen molar-refractivity contribution in [1.29, 1.82) is 0 Å². The van der Waals surface area contributed by atoms with Crippen LogP contribution in [0.4, 0.5) is 0 Å². The summed E-state index contributed by atoms with van der Waals surface area (Å²) < 4.78 is 11.2. The number of nitrogens with zero attached hydrogens (tertiary/aromatic N) is 1. The minimum Gasteiger partial charge on any atom is -0.504 e. The second kappa shape index (κ2) is 7.13. The standard InChI is InChI=1S/C23H21NO5/c1-4-10-24-20(14-7-9-18(28-5-2)16(25)12-14)19-21(26)15-11-13(3)6-8-17(15)29-22(19)23(24)27/h4,6-9,11-12,20,25H,1,5,10H2,2-3H3/t20-/m1/s1. The number of ether oxygens (including phenoxy) is 1. The maximum atomic E-state index is 13.4. The molecular weight excluding hydrogens is 370 g/mol. The van der Waals surface area contributed by atoms with E-state index in [-0.39, 0.29) is 35.0 Å². The van der Waals surface area contributed by atoms with Crippen LogP contribution in [0.5, 0.6) is 11.5 Å². The molecule has 1 amide bonds. The summed E-state index contributed by atoms with van der Waals surface area (Å²) >= 11 is 0. The van der Waals surface area contributed by atoms with E-state index in [4.69, 9.17) is 9.15 Å². The Balaban J connectivity index is 1.96. The Hall–Kier alpha value is -3.54. The SMILES string of the molecule is C=CCN1C(=O)c2oc3ccc(C)cc3c(=O)c2[C@H]1c1ccc(OCC)c(O)c1. The molecular formula is C23H21NO5. The van der Waals surface area contributed by atoms with Gasteiger partial charge < -0.3 is 19.2 Å². The van der Waals surface area contributed by atoms with Crippen LogP contribution in [0.2, 0.25) is 0 Å². The predicted octanol–water partition coefficient (Wildman–Crippen LogP) is 3.94. The molecule has 6 nitrogen and oxygen atoms in total. The Bertz CT molecular complexity index is 1190. The van der Waals surface area contributed by atoms with E-state index in [2.05, 4.69) is 6.58 Å². The first-order valence-corrected chi connectivity index (χ1v) is 9.41. The molecule has 1 atom stereocenters. The molecule has 0 aliphatic carbocycles. The van der Waals surface area contributed by atoms with Gasteiger partial charge in [-0.2, -0.15) is 0 Å². The van der Waals surface area contributed by atoms with Crippen LogP contribution in [0.3, 0.4) is 0 Å². The highest BCUT2D eigenvalue weighted by Gasteiger charge is 2.42. The van der Waals surface area contributed by atoms with Gasteiger partial charge in [0.2, 0.25) is 5.76 Å². The topological polar surface area (TPSA) is 80.0 Å². The van der Waals surface area contributed by atoms with Gasteiger partial charge in [-0.1, -0.05) is 23.8 Å². The van der Waals surface area contributed by atoms with Crippen LogP contribution in [0.1, 0.15) is 40.2 Å². The van der Waals surface area contributed by atoms with Crippen molar-refractivity contribution in [3.63, 3.8) is 0 Å². The number of phenolic OH excluding ortho intramolecular Hbond substituents is 1. The van der Waals surface area contributed by atoms with Crippen LogP contribution >= 0.6 is 0 Å². The molecule has 3 aromatic rings. The lowest BCUT2D eigenvalue weighted by Gasteiger charge is -2.24. The fraction of sp³-hybridized carbons (Fsp3) is 0.217. The number of phenols is 1. The summed E-state index contributed by atoms with van der Waals surface area (Å²) in [6, 6.07) is 9.51. The summed E-state index contributed by atoms with van der Waals surface area (Å²) in [6.45, 7) is 8.08. The number of hydrogen-bond acceptors (Lipinski definition) is 5. The van der Waals surface area contributed by atoms with Gasteiger partial charge in [0.25, 0.3) is 5.91 Å². The van der Waals surface area contributed by atoms with E-state index >= 15 is 0 Å². The molecule has 1 aromatic heterocycles. The number of carbonyl (C=O) groups excluding carboxylic acids is 1. The largest absolute Gasteiger partial charge is 0.504 e. The van der Waals surface area contributed by atoms with Crippen LogP contribution in [0, 0.1) is 6.92 Å². The minimum absolute atomic E-state index is 0.0339. The summed E-state index contributed by atoms with van der Waals surface area (Å²) in [5.74, 6) is -0.0495. The fourth-order valence-electron chi connectivity index (χ4n) is 3.79. The maximum absolute atomic E-state index is 13.4. The Morgan fingerprint density at radius 1 is 1.24 bits per heavy atom. The van der Waals surface area contributed by atoms with Crippen LogP contribution < -0.4 is 10.2 Å². The Morgan fingerprint density at radius 3 is 2.72 bits per heavy atom. The molecule has 0 saturated carbocycles. The first kappa shape index (κ1) is 18.8. The van der Waals surface area contributed by atoms with Gasteiger partial charge in [0, 0.05) is 6.54 Å². The zero-order chi connectivity index (χ0) is 20.7. The monoisotopic (exact) mass is 391 g/mol. The molecule has 29 heavy (non-hydrogen) atoms. The Kier molecular flexibility index (Phi) is 4.62. The van der Waals surface area contributed by atoms with Gasteiger partial charge in [-0.25, -0.2) is 0 Å². The van der Waals surface area contributed by atoms with E-state index in [0.717, 1.165) is 5.56 Å². The molecule has 2 heterocycles. The van der Waals surface area contributed by atoms with E-state index in [1.54, 1.807) is 30.3 Å². The zero-order valence-electron chi connectivity index (χ0n) is 16.3. The lowest BCUT2D eigenvalue weighted by Crippen LogP contribution is -2.29. The summed E-state index contributed by atoms with van der Waals surface area (Å²) in [4.78, 5) is 27.9. The molecule has 0 unspecified atom stereocenters. The number of rotatable bonds is 5. The number of amides is 1. The average molecular weight is 391 g/mol. The zero-order valence-corrected chi connectivity index (χ0v) is 16.3. The number of benzene rings is 2. The number of aryl methyl sites for hydroxylation is 1. The third-order valence-corrected chi connectivity index (χ3v) is 5.05. The van der Waals surface area contributed by atoms with E-state index in [9.17, 15) is 14.7 Å². The van der Waals surface area contributed by atoms with Crippen molar-refractivity contribution in [2.75, 3.05) is 13.2 Å². The lowest BCUT2D eigenvalue weighted by molar-refractivity contribution is 0.0748. The Labute approximate surface area is 167 Å². The first-order chi connectivity index (χ1) is 14.0. The van der Waals surface area contributed by atoms with Crippen molar-refractivity contribution in [2.24, 2.45) is 0 Å². The van der Waals surface area contributed by atoms with Crippen molar-refractivity contribution < 1.29 is 19.1 Å². The summed E-state index contributed by atoms with van der Waals surface area (Å²) in [7, 11) is 0. The number of carbonyl (C=O) groups is 1. The van der Waals surface area contributed by atoms with E-state index in [1.165, 1.54) is 11.0 Å². The predicted molar refractivity (Wildman–Crippen MR) is 110 cm³/mol. The van der Waals surface area contributed by atoms with Crippen molar-refractivity contribution in [3.05, 3.63) is 81.7 Å². The number of hydrogen-bond donors (Lipinski definition) is 1. The maximum Gasteiger partial charge on any atom is 0.291 e. The van der Waals surface area contributed by atoms with Gasteiger partial charge in [-0.3, -0.25) is 9.59 Å². The minimum atomic E-state index is -0.682. The molecule has 0 fully saturated rings. The molecule has 1 N–H and O–H groups in total. The third-order valence-electron chi connectivity index (χ3n) is 5.05. The molecule has 0 bridgehead atoms. The van der Waals surface area contributed by atoms with Crippen LogP contribution in [0.25, 0.3) is 11.0 Å².